The molecular weight excluding hydrogens is 239 g/mol. The summed E-state index contributed by atoms with van der Waals surface area (Å²) < 4.78 is 35.9. The van der Waals surface area contributed by atoms with Gasteiger partial charge in [0.25, 0.3) is 0 Å². The van der Waals surface area contributed by atoms with E-state index >= 15 is 0 Å². The molecule has 0 aliphatic heterocycles. The van der Waals surface area contributed by atoms with E-state index in [1.54, 1.807) is 0 Å². The van der Waals surface area contributed by atoms with Crippen LogP contribution in [-0.4, -0.2) is 22.9 Å². The number of hydrogen-bond donors (Lipinski definition) is 1. The number of nitrogens with one attached hydrogen (secondary N) is 1. The van der Waals surface area contributed by atoms with Gasteiger partial charge in [-0.15, -0.1) is 10.2 Å². The van der Waals surface area contributed by atoms with Crippen molar-refractivity contribution >= 4 is 11.3 Å². The molecule has 0 saturated heterocycles. The van der Waals surface area contributed by atoms with Gasteiger partial charge in [-0.05, 0) is 13.5 Å². The first kappa shape index (κ1) is 13.4. The minimum Gasteiger partial charge on any atom is -0.308 e. The molecule has 0 saturated carbocycles. The van der Waals surface area contributed by atoms with E-state index in [0.29, 0.717) is 5.01 Å². The zero-order chi connectivity index (χ0) is 12.2. The summed E-state index contributed by atoms with van der Waals surface area (Å²) in [5, 5.41) is 11.9. The Bertz CT molecular complexity index is 324. The van der Waals surface area contributed by atoms with Crippen molar-refractivity contribution in [1.29, 1.82) is 0 Å². The Labute approximate surface area is 96.1 Å². The maximum absolute atomic E-state index is 12.0. The zero-order valence-electron chi connectivity index (χ0n) is 9.14. The molecule has 0 fully saturated rings. The number of rotatable bonds is 5. The molecule has 0 aromatic carbocycles. The fraction of sp³-hybridized carbons (Fsp3) is 0.778. The van der Waals surface area contributed by atoms with Crippen LogP contribution in [0.15, 0.2) is 0 Å². The lowest BCUT2D eigenvalue weighted by Gasteiger charge is -2.06. The van der Waals surface area contributed by atoms with E-state index in [0.717, 1.165) is 11.6 Å². The lowest BCUT2D eigenvalue weighted by Crippen LogP contribution is -2.17. The third kappa shape index (κ3) is 4.44. The van der Waals surface area contributed by atoms with Crippen LogP contribution >= 0.6 is 11.3 Å². The summed E-state index contributed by atoms with van der Waals surface area (Å²) in [4.78, 5) is 0. The predicted octanol–water partition coefficient (Wildman–Crippen LogP) is 2.70. The first-order valence-electron chi connectivity index (χ1n) is 5.04. The topological polar surface area (TPSA) is 37.8 Å². The first-order chi connectivity index (χ1) is 7.42. The Hall–Kier alpha value is -0.690. The van der Waals surface area contributed by atoms with Crippen LogP contribution in [0.4, 0.5) is 13.2 Å². The van der Waals surface area contributed by atoms with Crippen molar-refractivity contribution in [3.05, 3.63) is 10.0 Å². The van der Waals surface area contributed by atoms with Crippen molar-refractivity contribution < 1.29 is 13.2 Å². The lowest BCUT2D eigenvalue weighted by atomic mass is 10.3. The maximum Gasteiger partial charge on any atom is 0.389 e. The van der Waals surface area contributed by atoms with Crippen molar-refractivity contribution in [3.8, 4) is 0 Å². The fourth-order valence-corrected chi connectivity index (χ4v) is 2.05. The summed E-state index contributed by atoms with van der Waals surface area (Å²) in [6.07, 6.45) is -5.05. The monoisotopic (exact) mass is 253 g/mol. The van der Waals surface area contributed by atoms with Crippen LogP contribution in [0.25, 0.3) is 0 Å². The highest BCUT2D eigenvalue weighted by Crippen LogP contribution is 2.24. The molecule has 1 aromatic rings. The molecule has 0 bridgehead atoms. The Morgan fingerprint density at radius 3 is 2.62 bits per heavy atom. The molecule has 0 spiro atoms. The molecule has 0 aliphatic rings. The summed E-state index contributed by atoms with van der Waals surface area (Å²) in [6.45, 7) is 4.66. The smallest absolute Gasteiger partial charge is 0.308 e. The molecule has 0 amide bonds. The third-order valence-electron chi connectivity index (χ3n) is 1.99. The number of alkyl halides is 3. The van der Waals surface area contributed by atoms with Crippen molar-refractivity contribution in [1.82, 2.24) is 15.5 Å². The SMILES string of the molecule is CCNC(C)c1nnc(CCC(F)(F)F)s1. The van der Waals surface area contributed by atoms with Crippen LogP contribution in [0.1, 0.15) is 36.3 Å². The van der Waals surface area contributed by atoms with E-state index in [9.17, 15) is 13.2 Å². The normalized spacial score (nSPS) is 14.1. The highest BCUT2D eigenvalue weighted by molar-refractivity contribution is 7.11. The third-order valence-corrected chi connectivity index (χ3v) is 3.15. The van der Waals surface area contributed by atoms with Gasteiger partial charge in [-0.25, -0.2) is 0 Å². The predicted molar refractivity (Wildman–Crippen MR) is 56.4 cm³/mol. The van der Waals surface area contributed by atoms with Crippen LogP contribution in [-0.2, 0) is 6.42 Å². The molecule has 0 radical (unpaired) electrons. The summed E-state index contributed by atoms with van der Waals surface area (Å²) in [6, 6.07) is 0.0436. The van der Waals surface area contributed by atoms with E-state index in [2.05, 4.69) is 15.5 Å². The van der Waals surface area contributed by atoms with Crippen LogP contribution in [0.5, 0.6) is 0 Å². The van der Waals surface area contributed by atoms with Gasteiger partial charge < -0.3 is 5.32 Å². The first-order valence-corrected chi connectivity index (χ1v) is 5.86. The molecule has 3 nitrogen and oxygen atoms in total. The van der Waals surface area contributed by atoms with Crippen LogP contribution in [0.2, 0.25) is 0 Å². The Kier molecular flexibility index (Phi) is 4.67. The van der Waals surface area contributed by atoms with E-state index in [1.807, 2.05) is 13.8 Å². The Morgan fingerprint density at radius 2 is 2.06 bits per heavy atom. The van der Waals surface area contributed by atoms with Gasteiger partial charge in [0.2, 0.25) is 0 Å². The summed E-state index contributed by atoms with van der Waals surface area (Å²) in [5.41, 5.74) is 0. The summed E-state index contributed by atoms with van der Waals surface area (Å²) in [5.74, 6) is 0. The summed E-state index contributed by atoms with van der Waals surface area (Å²) in [7, 11) is 0. The minimum absolute atomic E-state index is 0.0436. The van der Waals surface area contributed by atoms with E-state index in [1.165, 1.54) is 11.3 Å². The van der Waals surface area contributed by atoms with Gasteiger partial charge in [0.05, 0.1) is 6.04 Å². The molecular formula is C9H14F3N3S. The fourth-order valence-electron chi connectivity index (χ4n) is 1.18. The van der Waals surface area contributed by atoms with Gasteiger partial charge in [-0.2, -0.15) is 13.2 Å². The number of nitrogens with zero attached hydrogens (tertiary/aromatic N) is 2. The number of hydrogen-bond acceptors (Lipinski definition) is 4. The average molecular weight is 253 g/mol. The van der Waals surface area contributed by atoms with Crippen LogP contribution < -0.4 is 5.32 Å². The Morgan fingerprint density at radius 1 is 1.38 bits per heavy atom. The van der Waals surface area contributed by atoms with Gasteiger partial charge in [-0.3, -0.25) is 0 Å². The summed E-state index contributed by atoms with van der Waals surface area (Å²) >= 11 is 1.24. The lowest BCUT2D eigenvalue weighted by molar-refractivity contribution is -0.134. The molecule has 1 rings (SSSR count). The zero-order valence-corrected chi connectivity index (χ0v) is 9.95. The van der Waals surface area contributed by atoms with Gasteiger partial charge in [0.15, 0.2) is 0 Å². The molecule has 1 atom stereocenters. The van der Waals surface area contributed by atoms with Crippen molar-refractivity contribution in [2.24, 2.45) is 0 Å². The van der Waals surface area contributed by atoms with Crippen LogP contribution in [0.3, 0.4) is 0 Å². The van der Waals surface area contributed by atoms with Crippen LogP contribution in [0, 0.1) is 0 Å². The maximum atomic E-state index is 12.0. The quantitative estimate of drug-likeness (QED) is 0.876. The molecule has 92 valence electrons. The molecule has 0 aliphatic carbocycles. The van der Waals surface area contributed by atoms with E-state index < -0.39 is 12.6 Å². The average Bonchev–Trinajstić information content (AvgIpc) is 2.62. The number of aromatic nitrogens is 2. The number of aryl methyl sites for hydroxylation is 1. The second-order valence-corrected chi connectivity index (χ2v) is 4.52. The Balaban J connectivity index is 2.51. The van der Waals surface area contributed by atoms with E-state index in [4.69, 9.17) is 0 Å². The van der Waals surface area contributed by atoms with Gasteiger partial charge in [0, 0.05) is 12.8 Å². The molecule has 1 heterocycles. The minimum atomic E-state index is -4.13. The van der Waals surface area contributed by atoms with E-state index in [-0.39, 0.29) is 12.5 Å². The second kappa shape index (κ2) is 5.58. The van der Waals surface area contributed by atoms with Gasteiger partial charge in [0.1, 0.15) is 10.0 Å². The highest BCUT2D eigenvalue weighted by Gasteiger charge is 2.27. The second-order valence-electron chi connectivity index (χ2n) is 3.43. The molecule has 1 unspecified atom stereocenters. The standard InChI is InChI=1S/C9H14F3N3S/c1-3-13-6(2)8-15-14-7(16-8)4-5-9(10,11)12/h6,13H,3-5H2,1-2H3. The molecule has 16 heavy (non-hydrogen) atoms. The molecule has 7 heteroatoms. The molecule has 1 aromatic heterocycles. The van der Waals surface area contributed by atoms with Gasteiger partial charge in [-0.1, -0.05) is 18.3 Å². The van der Waals surface area contributed by atoms with Gasteiger partial charge >= 0.3 is 6.18 Å². The highest BCUT2D eigenvalue weighted by atomic mass is 32.1. The van der Waals surface area contributed by atoms with Crippen molar-refractivity contribution in [2.75, 3.05) is 6.54 Å². The largest absolute Gasteiger partial charge is 0.389 e. The number of halogens is 3. The molecule has 1 N–H and O–H groups in total. The van der Waals surface area contributed by atoms with Crippen molar-refractivity contribution in [2.45, 2.75) is 38.9 Å². The van der Waals surface area contributed by atoms with Crippen molar-refractivity contribution in [3.63, 3.8) is 0 Å².